The Bertz CT molecular complexity index is 725. The number of carbonyl (C=O) groups excluding carboxylic acids is 1. The molecular formula is C17H21N5O3. The predicted molar refractivity (Wildman–Crippen MR) is 95.6 cm³/mol. The summed E-state index contributed by atoms with van der Waals surface area (Å²) in [5, 5.41) is 17.2. The van der Waals surface area contributed by atoms with Gasteiger partial charge in [0.1, 0.15) is 5.70 Å². The number of carbonyl (C=O) groups is 1. The monoisotopic (exact) mass is 343 g/mol. The number of para-hydroxylation sites is 1. The van der Waals surface area contributed by atoms with E-state index in [4.69, 9.17) is 9.47 Å². The number of amidine groups is 1. The largest absolute Gasteiger partial charge is 0.493 e. The zero-order valence-corrected chi connectivity index (χ0v) is 14.4. The first-order valence-corrected chi connectivity index (χ1v) is 7.98. The van der Waals surface area contributed by atoms with Crippen molar-refractivity contribution in [1.29, 1.82) is 0 Å². The molecule has 1 aliphatic rings. The fourth-order valence-electron chi connectivity index (χ4n) is 2.06. The molecule has 132 valence electrons. The van der Waals surface area contributed by atoms with Gasteiger partial charge in [0.05, 0.1) is 19.9 Å². The van der Waals surface area contributed by atoms with Gasteiger partial charge in [-0.1, -0.05) is 37.5 Å². The Morgan fingerprint density at radius 2 is 2.16 bits per heavy atom. The normalized spacial score (nSPS) is 15.7. The van der Waals surface area contributed by atoms with Crippen molar-refractivity contribution < 1.29 is 14.3 Å². The molecule has 2 amide bonds. The van der Waals surface area contributed by atoms with E-state index in [9.17, 15) is 4.79 Å². The van der Waals surface area contributed by atoms with E-state index in [-0.39, 0.29) is 11.5 Å². The van der Waals surface area contributed by atoms with Crippen LogP contribution in [0.5, 0.6) is 11.5 Å². The van der Waals surface area contributed by atoms with E-state index in [1.807, 2.05) is 18.2 Å². The van der Waals surface area contributed by atoms with Gasteiger partial charge in [-0.25, -0.2) is 4.79 Å². The van der Waals surface area contributed by atoms with E-state index in [1.54, 1.807) is 7.11 Å². The molecule has 8 nitrogen and oxygen atoms in total. The number of urea groups is 1. The second-order valence-electron chi connectivity index (χ2n) is 5.20. The smallest absolute Gasteiger partial charge is 0.365 e. The highest BCUT2D eigenvalue weighted by Crippen LogP contribution is 2.30. The molecule has 0 radical (unpaired) electrons. The Balaban J connectivity index is 2.16. The Morgan fingerprint density at radius 1 is 1.32 bits per heavy atom. The highest BCUT2D eigenvalue weighted by molar-refractivity contribution is 6.08. The lowest BCUT2D eigenvalue weighted by molar-refractivity contribution is 0.251. The number of hydrogen-bond donors (Lipinski definition) is 1. The molecule has 0 unspecified atom stereocenters. The van der Waals surface area contributed by atoms with Gasteiger partial charge in [-0.3, -0.25) is 5.32 Å². The molecule has 1 aromatic carbocycles. The van der Waals surface area contributed by atoms with Crippen LogP contribution in [0.1, 0.15) is 31.7 Å². The van der Waals surface area contributed by atoms with E-state index in [2.05, 4.69) is 39.3 Å². The third kappa shape index (κ3) is 5.23. The van der Waals surface area contributed by atoms with Gasteiger partial charge >= 0.3 is 6.03 Å². The molecule has 25 heavy (non-hydrogen) atoms. The summed E-state index contributed by atoms with van der Waals surface area (Å²) in [6.45, 7) is 6.36. The van der Waals surface area contributed by atoms with Crippen molar-refractivity contribution >= 4 is 18.1 Å². The molecule has 0 bridgehead atoms. The van der Waals surface area contributed by atoms with Crippen LogP contribution in [0, 0.1) is 0 Å². The summed E-state index contributed by atoms with van der Waals surface area (Å²) in [6, 6.07) is 4.89. The zero-order chi connectivity index (χ0) is 18.1. The fourth-order valence-corrected chi connectivity index (χ4v) is 2.06. The lowest BCUT2D eigenvalue weighted by atomic mass is 10.2. The quantitative estimate of drug-likeness (QED) is 0.443. The second kappa shape index (κ2) is 9.31. The van der Waals surface area contributed by atoms with E-state index in [1.165, 1.54) is 6.21 Å². The molecule has 0 fully saturated rings. The van der Waals surface area contributed by atoms with Crippen LogP contribution in [0.4, 0.5) is 4.79 Å². The minimum absolute atomic E-state index is 0.157. The Morgan fingerprint density at radius 3 is 2.92 bits per heavy atom. The summed E-state index contributed by atoms with van der Waals surface area (Å²) in [6.07, 6.45) is 4.71. The van der Waals surface area contributed by atoms with E-state index in [0.717, 1.165) is 24.8 Å². The standard InChI is InChI=1S/C17H21N5O3/c1-4-5-6-10-25-15-13(8-7-9-14(15)24-3)11-18-21-16-12(2)20-22-17(23)19-16/h7-9,11H,2,4-6,10H2,1,3H3,(H,19,21,23)/b18-11+. The fraction of sp³-hybridized carbons (Fsp3) is 0.353. The summed E-state index contributed by atoms with van der Waals surface area (Å²) in [5.74, 6) is 1.39. The minimum Gasteiger partial charge on any atom is -0.493 e. The molecular weight excluding hydrogens is 322 g/mol. The van der Waals surface area contributed by atoms with Gasteiger partial charge in [-0.05, 0) is 18.6 Å². The first-order chi connectivity index (χ1) is 12.2. The van der Waals surface area contributed by atoms with Gasteiger partial charge in [0.25, 0.3) is 0 Å². The molecule has 0 atom stereocenters. The van der Waals surface area contributed by atoms with Crippen molar-refractivity contribution in [2.75, 3.05) is 13.7 Å². The van der Waals surface area contributed by atoms with Crippen molar-refractivity contribution in [3.63, 3.8) is 0 Å². The highest BCUT2D eigenvalue weighted by Gasteiger charge is 2.14. The third-order valence-corrected chi connectivity index (χ3v) is 3.34. The van der Waals surface area contributed by atoms with Gasteiger partial charge < -0.3 is 9.47 Å². The molecule has 1 heterocycles. The first-order valence-electron chi connectivity index (χ1n) is 7.98. The Hall–Kier alpha value is -3.03. The Kier molecular flexibility index (Phi) is 6.82. The second-order valence-corrected chi connectivity index (χ2v) is 5.20. The molecule has 1 aliphatic heterocycles. The van der Waals surface area contributed by atoms with Crippen LogP contribution in [-0.4, -0.2) is 31.8 Å². The predicted octanol–water partition coefficient (Wildman–Crippen LogP) is 3.69. The van der Waals surface area contributed by atoms with Crippen LogP contribution in [0.25, 0.3) is 0 Å². The summed E-state index contributed by atoms with van der Waals surface area (Å²) < 4.78 is 11.2. The van der Waals surface area contributed by atoms with Crippen molar-refractivity contribution in [2.45, 2.75) is 26.2 Å². The number of methoxy groups -OCH3 is 1. The molecule has 0 saturated carbocycles. The molecule has 8 heteroatoms. The van der Waals surface area contributed by atoms with Gasteiger partial charge in [0, 0.05) is 5.56 Å². The number of azo groups is 1. The third-order valence-electron chi connectivity index (χ3n) is 3.34. The number of nitrogens with zero attached hydrogens (tertiary/aromatic N) is 4. The number of benzene rings is 1. The van der Waals surface area contributed by atoms with Gasteiger partial charge in [0.15, 0.2) is 17.3 Å². The van der Waals surface area contributed by atoms with Crippen LogP contribution < -0.4 is 14.8 Å². The maximum absolute atomic E-state index is 11.2. The van der Waals surface area contributed by atoms with Crippen LogP contribution in [0.2, 0.25) is 0 Å². The molecule has 2 rings (SSSR count). The number of nitrogens with one attached hydrogen (secondary N) is 1. The van der Waals surface area contributed by atoms with Crippen LogP contribution >= 0.6 is 0 Å². The van der Waals surface area contributed by atoms with Crippen molar-refractivity contribution in [2.24, 2.45) is 20.4 Å². The zero-order valence-electron chi connectivity index (χ0n) is 14.4. The molecule has 1 N–H and O–H groups in total. The SMILES string of the molecule is C=C1N=NC(=O)N/C1=N\N=C\c1cccc(OC)c1OCCCCC. The van der Waals surface area contributed by atoms with Crippen molar-refractivity contribution in [1.82, 2.24) is 5.32 Å². The van der Waals surface area contributed by atoms with Gasteiger partial charge in [-0.15, -0.1) is 10.2 Å². The number of ether oxygens (including phenoxy) is 2. The van der Waals surface area contributed by atoms with Crippen LogP contribution in [-0.2, 0) is 0 Å². The van der Waals surface area contributed by atoms with E-state index in [0.29, 0.717) is 18.1 Å². The maximum Gasteiger partial charge on any atom is 0.365 e. The topological polar surface area (TPSA) is 97.0 Å². The summed E-state index contributed by atoms with van der Waals surface area (Å²) >= 11 is 0. The maximum atomic E-state index is 11.2. The number of amides is 2. The average Bonchev–Trinajstić information content (AvgIpc) is 2.62. The molecule has 0 aliphatic carbocycles. The average molecular weight is 343 g/mol. The minimum atomic E-state index is -0.609. The molecule has 0 saturated heterocycles. The number of hydrogen-bond acceptors (Lipinski definition) is 6. The molecule has 1 aromatic rings. The van der Waals surface area contributed by atoms with E-state index < -0.39 is 6.03 Å². The Labute approximate surface area is 146 Å². The summed E-state index contributed by atoms with van der Waals surface area (Å²) in [7, 11) is 1.59. The summed E-state index contributed by atoms with van der Waals surface area (Å²) in [4.78, 5) is 11.2. The number of rotatable bonds is 8. The van der Waals surface area contributed by atoms with Gasteiger partial charge in [-0.2, -0.15) is 5.10 Å². The number of unbranched alkanes of at least 4 members (excludes halogenated alkanes) is 2. The van der Waals surface area contributed by atoms with E-state index >= 15 is 0 Å². The van der Waals surface area contributed by atoms with Crippen molar-refractivity contribution in [3.05, 3.63) is 36.0 Å². The molecule has 0 spiro atoms. The summed E-state index contributed by atoms with van der Waals surface area (Å²) in [5.41, 5.74) is 0.952. The van der Waals surface area contributed by atoms with Crippen molar-refractivity contribution in [3.8, 4) is 11.5 Å². The van der Waals surface area contributed by atoms with Crippen LogP contribution in [0.15, 0.2) is 50.9 Å². The van der Waals surface area contributed by atoms with Crippen LogP contribution in [0.3, 0.4) is 0 Å². The van der Waals surface area contributed by atoms with Gasteiger partial charge in [0.2, 0.25) is 0 Å². The highest BCUT2D eigenvalue weighted by atomic mass is 16.5. The molecule has 0 aromatic heterocycles. The first kappa shape index (κ1) is 18.3. The lowest BCUT2D eigenvalue weighted by Gasteiger charge is -2.12. The lowest BCUT2D eigenvalue weighted by Crippen LogP contribution is -2.31.